The second-order valence-corrected chi connectivity index (χ2v) is 3.44. The fourth-order valence-electron chi connectivity index (χ4n) is 1.11. The summed E-state index contributed by atoms with van der Waals surface area (Å²) in [6, 6.07) is 10.1. The minimum Gasteiger partial charge on any atom is -0.359 e. The first-order valence-corrected chi connectivity index (χ1v) is 5.55. The number of methoxy groups -OCH3 is 1. The molecule has 0 bridgehead atoms. The van der Waals surface area contributed by atoms with Gasteiger partial charge < -0.3 is 9.47 Å². The van der Waals surface area contributed by atoms with Gasteiger partial charge in [-0.15, -0.1) is 0 Å². The summed E-state index contributed by atoms with van der Waals surface area (Å²) in [5.41, 5.74) is 1.14. The van der Waals surface area contributed by atoms with Gasteiger partial charge in [0.15, 0.2) is 0 Å². The summed E-state index contributed by atoms with van der Waals surface area (Å²) < 4.78 is 12.3. The zero-order valence-electron chi connectivity index (χ0n) is 8.02. The first-order valence-electron chi connectivity index (χ1n) is 4.31. The molecule has 0 N–H and O–H groups in total. The Bertz CT molecular complexity index is 272. The van der Waals surface area contributed by atoms with Crippen LogP contribution in [0.2, 0.25) is 0 Å². The molecule has 0 fully saturated rings. The van der Waals surface area contributed by atoms with Crippen LogP contribution in [0, 0.1) is 0 Å². The average molecular weight is 304 g/mol. The highest BCUT2D eigenvalue weighted by Crippen LogP contribution is 2.19. The van der Waals surface area contributed by atoms with E-state index in [4.69, 9.17) is 9.47 Å². The van der Waals surface area contributed by atoms with Crippen LogP contribution in [0.1, 0.15) is 11.7 Å². The van der Waals surface area contributed by atoms with Crippen LogP contribution in [0.15, 0.2) is 40.5 Å². The predicted octanol–water partition coefficient (Wildman–Crippen LogP) is 3.30. The summed E-state index contributed by atoms with van der Waals surface area (Å²) in [6.07, 6.45) is 1.97. The Labute approximate surface area is 98.1 Å². The van der Waals surface area contributed by atoms with E-state index in [1.807, 2.05) is 40.5 Å². The molecule has 0 aliphatic carbocycles. The van der Waals surface area contributed by atoms with Crippen molar-refractivity contribution in [2.24, 2.45) is 0 Å². The molecule has 3 heteroatoms. The van der Waals surface area contributed by atoms with Gasteiger partial charge in [-0.25, -0.2) is 0 Å². The summed E-state index contributed by atoms with van der Waals surface area (Å²) in [4.78, 5) is 0. The molecule has 1 unspecified atom stereocenters. The van der Waals surface area contributed by atoms with Crippen molar-refractivity contribution in [3.8, 4) is 0 Å². The van der Waals surface area contributed by atoms with Crippen LogP contribution in [0.3, 0.4) is 0 Å². The zero-order chi connectivity index (χ0) is 10.2. The molecule has 0 aliphatic heterocycles. The van der Waals surface area contributed by atoms with Crippen LogP contribution >= 0.6 is 22.6 Å². The summed E-state index contributed by atoms with van der Waals surface area (Å²) in [5, 5.41) is 0. The Hall–Kier alpha value is -0.390. The van der Waals surface area contributed by atoms with Crippen molar-refractivity contribution >= 4 is 22.6 Å². The van der Waals surface area contributed by atoms with Crippen molar-refractivity contribution in [2.45, 2.75) is 6.10 Å². The lowest BCUT2D eigenvalue weighted by Gasteiger charge is -2.13. The van der Waals surface area contributed by atoms with Gasteiger partial charge in [0, 0.05) is 7.11 Å². The van der Waals surface area contributed by atoms with E-state index in [1.165, 1.54) is 0 Å². The summed E-state index contributed by atoms with van der Waals surface area (Å²) in [6.45, 7) is 0.306. The van der Waals surface area contributed by atoms with Crippen LogP contribution in [-0.4, -0.2) is 13.9 Å². The molecule has 1 atom stereocenters. The summed E-state index contributed by atoms with van der Waals surface area (Å²) in [5.74, 6) is 0. The van der Waals surface area contributed by atoms with Crippen LogP contribution < -0.4 is 0 Å². The van der Waals surface area contributed by atoms with E-state index in [9.17, 15) is 0 Å². The highest BCUT2D eigenvalue weighted by atomic mass is 127. The fourth-order valence-corrected chi connectivity index (χ4v) is 1.49. The van der Waals surface area contributed by atoms with Crippen molar-refractivity contribution in [1.82, 2.24) is 0 Å². The van der Waals surface area contributed by atoms with Crippen LogP contribution in [0.25, 0.3) is 0 Å². The second-order valence-electron chi connectivity index (χ2n) is 2.72. The molecule has 0 aliphatic rings. The molecule has 14 heavy (non-hydrogen) atoms. The van der Waals surface area contributed by atoms with E-state index in [0.29, 0.717) is 6.79 Å². The Morgan fingerprint density at radius 2 is 2.07 bits per heavy atom. The summed E-state index contributed by atoms with van der Waals surface area (Å²) in [7, 11) is 1.62. The topological polar surface area (TPSA) is 18.5 Å². The maximum Gasteiger partial charge on any atom is 0.147 e. The molecule has 0 heterocycles. The number of benzene rings is 1. The molecule has 76 valence electrons. The molecule has 0 amide bonds. The lowest BCUT2D eigenvalue weighted by Crippen LogP contribution is -2.03. The van der Waals surface area contributed by atoms with Gasteiger partial charge in [0.25, 0.3) is 0 Å². The number of hydrogen-bond acceptors (Lipinski definition) is 2. The molecule has 1 aromatic carbocycles. The average Bonchev–Trinajstić information content (AvgIpc) is 2.25. The van der Waals surface area contributed by atoms with Crippen molar-refractivity contribution in [3.63, 3.8) is 0 Å². The quantitative estimate of drug-likeness (QED) is 0.614. The smallest absolute Gasteiger partial charge is 0.147 e. The van der Waals surface area contributed by atoms with Crippen molar-refractivity contribution < 1.29 is 9.47 Å². The van der Waals surface area contributed by atoms with Gasteiger partial charge in [-0.3, -0.25) is 0 Å². The lowest BCUT2D eigenvalue weighted by atomic mass is 10.1. The van der Waals surface area contributed by atoms with Crippen LogP contribution in [0.5, 0.6) is 0 Å². The Balaban J connectivity index is 2.67. The number of halogens is 1. The number of hydrogen-bond donors (Lipinski definition) is 0. The van der Waals surface area contributed by atoms with Gasteiger partial charge in [-0.2, -0.15) is 0 Å². The van der Waals surface area contributed by atoms with Gasteiger partial charge in [0.1, 0.15) is 12.9 Å². The SMILES string of the molecule is COCOC(/C=C\I)c1ccccc1. The van der Waals surface area contributed by atoms with Crippen LogP contribution in [0.4, 0.5) is 0 Å². The minimum atomic E-state index is -0.0203. The predicted molar refractivity (Wildman–Crippen MR) is 65.3 cm³/mol. The fraction of sp³-hybridized carbons (Fsp3) is 0.273. The van der Waals surface area contributed by atoms with Gasteiger partial charge >= 0.3 is 0 Å². The van der Waals surface area contributed by atoms with Gasteiger partial charge in [0.05, 0.1) is 0 Å². The first kappa shape index (κ1) is 11.7. The normalized spacial score (nSPS) is 13.3. The standard InChI is InChI=1S/C11H13IO2/c1-13-9-14-11(7-8-12)10-5-3-2-4-6-10/h2-8,11H,9H2,1H3/b8-7-. The maximum atomic E-state index is 5.50. The van der Waals surface area contributed by atoms with Gasteiger partial charge in [0.2, 0.25) is 0 Å². The number of rotatable bonds is 5. The van der Waals surface area contributed by atoms with Crippen molar-refractivity contribution in [3.05, 3.63) is 46.1 Å². The largest absolute Gasteiger partial charge is 0.359 e. The molecule has 0 saturated carbocycles. The highest BCUT2D eigenvalue weighted by molar-refractivity contribution is 14.1. The third-order valence-electron chi connectivity index (χ3n) is 1.74. The van der Waals surface area contributed by atoms with E-state index >= 15 is 0 Å². The zero-order valence-corrected chi connectivity index (χ0v) is 10.2. The molecule has 0 radical (unpaired) electrons. The van der Waals surface area contributed by atoms with Crippen molar-refractivity contribution in [2.75, 3.05) is 13.9 Å². The molecular weight excluding hydrogens is 291 g/mol. The molecule has 0 aromatic heterocycles. The molecule has 0 spiro atoms. The Morgan fingerprint density at radius 1 is 1.36 bits per heavy atom. The van der Waals surface area contributed by atoms with Crippen LogP contribution in [-0.2, 0) is 9.47 Å². The monoisotopic (exact) mass is 304 g/mol. The van der Waals surface area contributed by atoms with E-state index in [-0.39, 0.29) is 6.10 Å². The van der Waals surface area contributed by atoms with E-state index in [0.717, 1.165) is 5.56 Å². The second kappa shape index (κ2) is 6.98. The molecule has 1 rings (SSSR count). The third kappa shape index (κ3) is 3.77. The third-order valence-corrected chi connectivity index (χ3v) is 2.16. The maximum absolute atomic E-state index is 5.50. The Morgan fingerprint density at radius 3 is 2.64 bits per heavy atom. The molecule has 2 nitrogen and oxygen atoms in total. The van der Waals surface area contributed by atoms with Gasteiger partial charge in [-0.05, 0) is 15.7 Å². The van der Waals surface area contributed by atoms with Crippen molar-refractivity contribution in [1.29, 1.82) is 0 Å². The lowest BCUT2D eigenvalue weighted by molar-refractivity contribution is -0.0566. The molecule has 1 aromatic rings. The van der Waals surface area contributed by atoms with E-state index in [1.54, 1.807) is 7.11 Å². The Kier molecular flexibility index (Phi) is 5.82. The highest BCUT2D eigenvalue weighted by Gasteiger charge is 2.06. The summed E-state index contributed by atoms with van der Waals surface area (Å²) >= 11 is 2.18. The minimum absolute atomic E-state index is 0.0203. The van der Waals surface area contributed by atoms with E-state index in [2.05, 4.69) is 22.6 Å². The first-order chi connectivity index (χ1) is 6.88. The van der Waals surface area contributed by atoms with E-state index < -0.39 is 0 Å². The number of ether oxygens (including phenoxy) is 2. The van der Waals surface area contributed by atoms with Gasteiger partial charge in [-0.1, -0.05) is 52.9 Å². The molecular formula is C11H13IO2. The molecule has 0 saturated heterocycles.